The zero-order valence-electron chi connectivity index (χ0n) is 21.5. The van der Waals surface area contributed by atoms with Gasteiger partial charge in [0.1, 0.15) is 29.2 Å². The van der Waals surface area contributed by atoms with E-state index in [-0.39, 0.29) is 52.5 Å². The van der Waals surface area contributed by atoms with Crippen LogP contribution in [0.4, 0.5) is 0 Å². The van der Waals surface area contributed by atoms with Crippen LogP contribution in [0.25, 0.3) is 0 Å². The molecule has 34 heavy (non-hydrogen) atoms. The van der Waals surface area contributed by atoms with E-state index in [2.05, 4.69) is 6.92 Å². The van der Waals surface area contributed by atoms with E-state index in [0.717, 1.165) is 32.1 Å². The minimum Gasteiger partial charge on any atom is -0.463 e. The predicted octanol–water partition coefficient (Wildman–Crippen LogP) is 4.37. The zero-order chi connectivity index (χ0) is 25.2. The number of fused-ring (bicyclic) bond motifs is 5. The summed E-state index contributed by atoms with van der Waals surface area (Å²) < 4.78 is 5.55. The molecule has 0 N–H and O–H groups in total. The fourth-order valence-corrected chi connectivity index (χ4v) is 9.32. The molecule has 4 fully saturated rings. The molecule has 0 aromatic heterocycles. The van der Waals surface area contributed by atoms with Crippen LogP contribution in [0.2, 0.25) is 0 Å². The molecule has 9 atom stereocenters. The van der Waals surface area contributed by atoms with Crippen LogP contribution in [0, 0.1) is 52.3 Å². The van der Waals surface area contributed by atoms with Crippen molar-refractivity contribution in [3.63, 3.8) is 0 Å². The monoisotopic (exact) mass is 472 g/mol. The molecule has 0 unspecified atom stereocenters. The Bertz CT molecular complexity index is 908. The van der Waals surface area contributed by atoms with Gasteiger partial charge in [-0.2, -0.15) is 0 Å². The third kappa shape index (κ3) is 3.71. The Morgan fingerprint density at radius 3 is 2.12 bits per heavy atom. The molecule has 188 valence electrons. The molecule has 6 nitrogen and oxygen atoms in total. The van der Waals surface area contributed by atoms with Crippen molar-refractivity contribution in [2.45, 2.75) is 92.6 Å². The van der Waals surface area contributed by atoms with Gasteiger partial charge >= 0.3 is 5.97 Å². The molecule has 6 heteroatoms. The molecule has 0 aliphatic heterocycles. The van der Waals surface area contributed by atoms with E-state index in [1.165, 1.54) is 27.7 Å². The molecule has 0 saturated heterocycles. The largest absolute Gasteiger partial charge is 0.463 e. The van der Waals surface area contributed by atoms with Crippen LogP contribution in [0.5, 0.6) is 0 Å². The van der Waals surface area contributed by atoms with Crippen LogP contribution in [0.15, 0.2) is 0 Å². The molecular weight excluding hydrogens is 432 g/mol. The predicted molar refractivity (Wildman–Crippen MR) is 126 cm³/mol. The van der Waals surface area contributed by atoms with Crippen LogP contribution < -0.4 is 0 Å². The number of carbonyl (C=O) groups excluding carboxylic acids is 5. The first-order chi connectivity index (χ1) is 15.8. The van der Waals surface area contributed by atoms with Gasteiger partial charge in [-0.3, -0.25) is 24.0 Å². The highest BCUT2D eigenvalue weighted by molar-refractivity contribution is 6.02. The van der Waals surface area contributed by atoms with Crippen LogP contribution in [0.1, 0.15) is 86.5 Å². The summed E-state index contributed by atoms with van der Waals surface area (Å²) in [5, 5.41) is 0. The molecule has 0 spiro atoms. The second kappa shape index (κ2) is 8.67. The molecule has 4 saturated carbocycles. The van der Waals surface area contributed by atoms with E-state index in [9.17, 15) is 24.0 Å². The number of hydrogen-bond acceptors (Lipinski definition) is 6. The van der Waals surface area contributed by atoms with Gasteiger partial charge < -0.3 is 4.74 Å². The first-order valence-corrected chi connectivity index (χ1v) is 13.0. The lowest BCUT2D eigenvalue weighted by Gasteiger charge is -2.60. The maximum absolute atomic E-state index is 13.9. The van der Waals surface area contributed by atoms with E-state index in [4.69, 9.17) is 4.74 Å². The summed E-state index contributed by atoms with van der Waals surface area (Å²) in [4.78, 5) is 63.4. The summed E-state index contributed by atoms with van der Waals surface area (Å²) >= 11 is 0. The highest BCUT2D eigenvalue weighted by Crippen LogP contribution is 2.68. The van der Waals surface area contributed by atoms with E-state index in [1.807, 2.05) is 6.92 Å². The van der Waals surface area contributed by atoms with Gasteiger partial charge in [0.25, 0.3) is 0 Å². The molecular formula is C28H40O6. The summed E-state index contributed by atoms with van der Waals surface area (Å²) in [7, 11) is 0. The highest BCUT2D eigenvalue weighted by Gasteiger charge is 2.67. The number of ether oxygens (including phenoxy) is 1. The standard InChI is InChI=1S/C28H40O6/c1-14(29)25(15(2)30)21-12-23-20-8-7-18-11-19(34-17(4)32)9-10-27(18,5)22(20)13-24(33)28(23,6)26(21)16(3)31/h18-23,25-26H,7-13H2,1-6H3/t18-,19+,20-,21-,22+,23+,26+,27+,28-/m1/s1. The van der Waals surface area contributed by atoms with Crippen LogP contribution in [-0.4, -0.2) is 35.2 Å². The Labute approximate surface area is 202 Å². The van der Waals surface area contributed by atoms with Crippen molar-refractivity contribution < 1.29 is 28.7 Å². The second-order valence-corrected chi connectivity index (χ2v) is 12.3. The normalized spacial score (nSPS) is 43.5. The van der Waals surface area contributed by atoms with Gasteiger partial charge in [0.2, 0.25) is 0 Å². The third-order valence-electron chi connectivity index (χ3n) is 10.7. The van der Waals surface area contributed by atoms with E-state index >= 15 is 0 Å². The lowest BCUT2D eigenvalue weighted by atomic mass is 9.44. The SMILES string of the molecule is CC(=O)O[C@H]1CC[C@@]2(C)[C@H](CC[C@@H]3[C@@H]2CC(=O)[C@@]2(C)[C@H]3C[C@H](C(C(C)=O)C(C)=O)[C@@H]2C(C)=O)C1. The number of Topliss-reactive ketones (excluding diaryl/α,β-unsaturated/α-hetero) is 4. The second-order valence-electron chi connectivity index (χ2n) is 12.3. The molecule has 0 aromatic carbocycles. The molecule has 0 aromatic rings. The minimum atomic E-state index is -0.811. The third-order valence-corrected chi connectivity index (χ3v) is 10.7. The first kappa shape index (κ1) is 25.2. The number of rotatable bonds is 5. The summed E-state index contributed by atoms with van der Waals surface area (Å²) in [6, 6.07) is 0. The van der Waals surface area contributed by atoms with Crippen molar-refractivity contribution in [3.05, 3.63) is 0 Å². The Morgan fingerprint density at radius 2 is 1.56 bits per heavy atom. The average Bonchev–Trinajstić information content (AvgIpc) is 3.02. The maximum Gasteiger partial charge on any atom is 0.302 e. The van der Waals surface area contributed by atoms with Gasteiger partial charge in [0.05, 0.1) is 5.92 Å². The van der Waals surface area contributed by atoms with Gasteiger partial charge in [0.15, 0.2) is 0 Å². The van der Waals surface area contributed by atoms with Crippen molar-refractivity contribution in [1.29, 1.82) is 0 Å². The Balaban J connectivity index is 1.68. The molecule has 0 bridgehead atoms. The summed E-state index contributed by atoms with van der Waals surface area (Å²) in [6.45, 7) is 10.1. The lowest BCUT2D eigenvalue weighted by Crippen LogP contribution is -2.57. The van der Waals surface area contributed by atoms with E-state index < -0.39 is 23.2 Å². The van der Waals surface area contributed by atoms with Crippen molar-refractivity contribution in [2.75, 3.05) is 0 Å². The van der Waals surface area contributed by atoms with Crippen LogP contribution >= 0.6 is 0 Å². The van der Waals surface area contributed by atoms with Gasteiger partial charge in [0, 0.05) is 24.7 Å². The number of hydrogen-bond donors (Lipinski definition) is 0. The van der Waals surface area contributed by atoms with Gasteiger partial charge in [-0.05, 0) is 94.3 Å². The summed E-state index contributed by atoms with van der Waals surface area (Å²) in [5.41, 5.74) is -0.806. The van der Waals surface area contributed by atoms with Crippen molar-refractivity contribution in [1.82, 2.24) is 0 Å². The Morgan fingerprint density at radius 1 is 0.912 bits per heavy atom. The fraction of sp³-hybridized carbons (Fsp3) is 0.821. The van der Waals surface area contributed by atoms with Gasteiger partial charge in [-0.15, -0.1) is 0 Å². The van der Waals surface area contributed by atoms with Crippen LogP contribution in [0.3, 0.4) is 0 Å². The molecule has 4 rings (SSSR count). The minimum absolute atomic E-state index is 0.000908. The van der Waals surface area contributed by atoms with Gasteiger partial charge in [-0.1, -0.05) is 13.8 Å². The number of carbonyl (C=O) groups is 5. The topological polar surface area (TPSA) is 94.6 Å². The average molecular weight is 473 g/mol. The van der Waals surface area contributed by atoms with E-state index in [0.29, 0.717) is 24.7 Å². The van der Waals surface area contributed by atoms with Gasteiger partial charge in [-0.25, -0.2) is 0 Å². The van der Waals surface area contributed by atoms with Crippen molar-refractivity contribution in [3.8, 4) is 0 Å². The van der Waals surface area contributed by atoms with Crippen LogP contribution in [-0.2, 0) is 28.7 Å². The molecule has 4 aliphatic carbocycles. The lowest BCUT2D eigenvalue weighted by molar-refractivity contribution is -0.167. The summed E-state index contributed by atoms with van der Waals surface area (Å²) in [6.07, 6.45) is 5.62. The molecule has 4 aliphatic rings. The molecule has 0 amide bonds. The zero-order valence-corrected chi connectivity index (χ0v) is 21.5. The van der Waals surface area contributed by atoms with E-state index in [1.54, 1.807) is 0 Å². The molecule has 0 radical (unpaired) electrons. The molecule has 0 heterocycles. The number of esters is 1. The fourth-order valence-electron chi connectivity index (χ4n) is 9.32. The first-order valence-electron chi connectivity index (χ1n) is 13.0. The Hall–Kier alpha value is -1.85. The van der Waals surface area contributed by atoms with Crippen molar-refractivity contribution in [2.24, 2.45) is 52.3 Å². The smallest absolute Gasteiger partial charge is 0.302 e. The Kier molecular flexibility index (Phi) is 6.44. The van der Waals surface area contributed by atoms with Crippen molar-refractivity contribution >= 4 is 29.1 Å². The summed E-state index contributed by atoms with van der Waals surface area (Å²) in [5.74, 6) is -1.39. The quantitative estimate of drug-likeness (QED) is 0.436. The maximum atomic E-state index is 13.9. The highest BCUT2D eigenvalue weighted by atomic mass is 16.5. The number of ketones is 4.